The Balaban J connectivity index is 1.81. The smallest absolute Gasteiger partial charge is 0.243 e. The van der Waals surface area contributed by atoms with Crippen LogP contribution < -0.4 is 11.1 Å². The van der Waals surface area contributed by atoms with Crippen LogP contribution in [0.3, 0.4) is 0 Å². The van der Waals surface area contributed by atoms with Gasteiger partial charge in [0.05, 0.1) is 6.10 Å². The molecule has 0 radical (unpaired) electrons. The van der Waals surface area contributed by atoms with Gasteiger partial charge in [-0.1, -0.05) is 12.8 Å². The van der Waals surface area contributed by atoms with Crippen LogP contribution in [0.1, 0.15) is 25.7 Å². The van der Waals surface area contributed by atoms with E-state index in [0.717, 1.165) is 19.3 Å². The topological polar surface area (TPSA) is 99.8 Å². The molecule has 6 heteroatoms. The maximum Gasteiger partial charge on any atom is 0.243 e. The summed E-state index contributed by atoms with van der Waals surface area (Å²) >= 11 is 0. The Labute approximate surface area is 88.3 Å². The largest absolute Gasteiger partial charge is 0.393 e. The fraction of sp³-hybridized carbons (Fsp3) is 0.778. The van der Waals surface area contributed by atoms with E-state index in [9.17, 15) is 5.11 Å². The molecule has 1 aliphatic carbocycles. The number of H-pyrrole nitrogens is 1. The molecule has 0 spiro atoms. The van der Waals surface area contributed by atoms with Gasteiger partial charge in [-0.25, -0.2) is 5.10 Å². The van der Waals surface area contributed by atoms with Crippen molar-refractivity contribution in [3.8, 4) is 0 Å². The molecule has 0 amide bonds. The van der Waals surface area contributed by atoms with Crippen molar-refractivity contribution in [3.63, 3.8) is 0 Å². The number of nitrogens with one attached hydrogen (secondary N) is 2. The zero-order chi connectivity index (χ0) is 10.7. The molecule has 5 N–H and O–H groups in total. The fourth-order valence-electron chi connectivity index (χ4n) is 2.00. The molecular weight excluding hydrogens is 194 g/mol. The van der Waals surface area contributed by atoms with E-state index in [1.54, 1.807) is 0 Å². The summed E-state index contributed by atoms with van der Waals surface area (Å²) in [6.45, 7) is 0.707. The Bertz CT molecular complexity index is 313. The molecule has 1 aromatic heterocycles. The predicted molar refractivity (Wildman–Crippen MR) is 57.2 cm³/mol. The molecule has 1 aliphatic rings. The summed E-state index contributed by atoms with van der Waals surface area (Å²) in [5, 5.41) is 19.2. The van der Waals surface area contributed by atoms with Crippen LogP contribution in [-0.2, 0) is 0 Å². The summed E-state index contributed by atoms with van der Waals surface area (Å²) in [6.07, 6.45) is 4.10. The lowest BCUT2D eigenvalue weighted by molar-refractivity contribution is 0.0762. The van der Waals surface area contributed by atoms with E-state index in [2.05, 4.69) is 20.5 Å². The number of hydrogen-bond acceptors (Lipinski definition) is 5. The lowest BCUT2D eigenvalue weighted by atomic mass is 9.86. The SMILES string of the molecule is Nc1nc(NCC2CCCCC2O)n[nH]1. The van der Waals surface area contributed by atoms with E-state index in [0.29, 0.717) is 24.4 Å². The molecule has 2 rings (SSSR count). The van der Waals surface area contributed by atoms with Crippen LogP contribution in [0.15, 0.2) is 0 Å². The standard InChI is InChI=1S/C9H17N5O/c10-8-12-9(14-13-8)11-5-6-3-1-2-4-7(6)15/h6-7,15H,1-5H2,(H4,10,11,12,13,14). The summed E-state index contributed by atoms with van der Waals surface area (Å²) < 4.78 is 0. The van der Waals surface area contributed by atoms with Gasteiger partial charge in [0.25, 0.3) is 0 Å². The fourth-order valence-corrected chi connectivity index (χ4v) is 2.00. The molecule has 0 bridgehead atoms. The highest BCUT2D eigenvalue weighted by Gasteiger charge is 2.22. The number of aliphatic hydroxyl groups excluding tert-OH is 1. The Morgan fingerprint density at radius 1 is 1.47 bits per heavy atom. The summed E-state index contributed by atoms with van der Waals surface area (Å²) in [7, 11) is 0. The van der Waals surface area contributed by atoms with Crippen LogP contribution in [0.4, 0.5) is 11.9 Å². The van der Waals surface area contributed by atoms with Crippen LogP contribution in [-0.4, -0.2) is 32.9 Å². The molecule has 0 saturated heterocycles. The molecule has 1 aromatic rings. The van der Waals surface area contributed by atoms with Crippen LogP contribution >= 0.6 is 0 Å². The molecule has 6 nitrogen and oxygen atoms in total. The van der Waals surface area contributed by atoms with Crippen molar-refractivity contribution >= 4 is 11.9 Å². The maximum atomic E-state index is 9.74. The van der Waals surface area contributed by atoms with Gasteiger partial charge in [-0.2, -0.15) is 4.98 Å². The van der Waals surface area contributed by atoms with Crippen molar-refractivity contribution in [2.24, 2.45) is 5.92 Å². The first kappa shape index (κ1) is 10.2. The third kappa shape index (κ3) is 2.59. The first-order chi connectivity index (χ1) is 7.25. The van der Waals surface area contributed by atoms with Gasteiger partial charge in [0.2, 0.25) is 11.9 Å². The highest BCUT2D eigenvalue weighted by Crippen LogP contribution is 2.24. The van der Waals surface area contributed by atoms with Gasteiger partial charge in [0.15, 0.2) is 0 Å². The average Bonchev–Trinajstić information content (AvgIpc) is 2.63. The molecule has 1 saturated carbocycles. The van der Waals surface area contributed by atoms with Gasteiger partial charge in [0.1, 0.15) is 0 Å². The molecule has 84 valence electrons. The quantitative estimate of drug-likeness (QED) is 0.578. The molecule has 15 heavy (non-hydrogen) atoms. The first-order valence-electron chi connectivity index (χ1n) is 5.35. The summed E-state index contributed by atoms with van der Waals surface area (Å²) in [5.74, 6) is 1.12. The van der Waals surface area contributed by atoms with E-state index >= 15 is 0 Å². The number of aromatic nitrogens is 3. The zero-order valence-electron chi connectivity index (χ0n) is 8.61. The Hall–Kier alpha value is -1.30. The molecule has 2 atom stereocenters. The highest BCUT2D eigenvalue weighted by atomic mass is 16.3. The molecule has 2 unspecified atom stereocenters. The minimum atomic E-state index is -0.192. The molecule has 1 heterocycles. The monoisotopic (exact) mass is 211 g/mol. The number of aliphatic hydroxyl groups is 1. The summed E-state index contributed by atoms with van der Waals surface area (Å²) in [5.41, 5.74) is 5.40. The third-order valence-corrected chi connectivity index (χ3v) is 2.89. The number of nitrogens with two attached hydrogens (primary N) is 1. The highest BCUT2D eigenvalue weighted by molar-refractivity contribution is 5.29. The van der Waals surface area contributed by atoms with E-state index in [4.69, 9.17) is 5.73 Å². The molecular formula is C9H17N5O. The lowest BCUT2D eigenvalue weighted by Crippen LogP contribution is -2.30. The predicted octanol–water partition coefficient (Wildman–Crippen LogP) is 0.350. The minimum absolute atomic E-state index is 0.192. The minimum Gasteiger partial charge on any atom is -0.393 e. The number of anilines is 2. The number of aromatic amines is 1. The Morgan fingerprint density at radius 3 is 2.93 bits per heavy atom. The van der Waals surface area contributed by atoms with Crippen molar-refractivity contribution in [1.82, 2.24) is 15.2 Å². The molecule has 0 aromatic carbocycles. The Morgan fingerprint density at radius 2 is 2.27 bits per heavy atom. The van der Waals surface area contributed by atoms with E-state index < -0.39 is 0 Å². The van der Waals surface area contributed by atoms with Gasteiger partial charge in [-0.05, 0) is 12.8 Å². The number of rotatable bonds is 3. The van der Waals surface area contributed by atoms with Crippen LogP contribution in [0.2, 0.25) is 0 Å². The van der Waals surface area contributed by atoms with Gasteiger partial charge in [0, 0.05) is 12.5 Å². The van der Waals surface area contributed by atoms with Gasteiger partial charge < -0.3 is 16.2 Å². The van der Waals surface area contributed by atoms with Crippen molar-refractivity contribution in [2.75, 3.05) is 17.6 Å². The third-order valence-electron chi connectivity index (χ3n) is 2.89. The van der Waals surface area contributed by atoms with Crippen molar-refractivity contribution < 1.29 is 5.11 Å². The summed E-state index contributed by atoms with van der Waals surface area (Å²) in [6, 6.07) is 0. The van der Waals surface area contributed by atoms with Gasteiger partial charge in [-0.15, -0.1) is 5.10 Å². The summed E-state index contributed by atoms with van der Waals surface area (Å²) in [4.78, 5) is 3.94. The zero-order valence-corrected chi connectivity index (χ0v) is 8.61. The van der Waals surface area contributed by atoms with Crippen LogP contribution in [0.25, 0.3) is 0 Å². The van der Waals surface area contributed by atoms with Crippen LogP contribution in [0, 0.1) is 5.92 Å². The maximum absolute atomic E-state index is 9.74. The normalized spacial score (nSPS) is 26.5. The van der Waals surface area contributed by atoms with E-state index in [-0.39, 0.29) is 6.10 Å². The lowest BCUT2D eigenvalue weighted by Gasteiger charge is -2.27. The number of hydrogen-bond donors (Lipinski definition) is 4. The van der Waals surface area contributed by atoms with Crippen molar-refractivity contribution in [2.45, 2.75) is 31.8 Å². The number of nitrogen functional groups attached to an aromatic ring is 1. The van der Waals surface area contributed by atoms with E-state index in [1.807, 2.05) is 0 Å². The second-order valence-electron chi connectivity index (χ2n) is 4.04. The number of nitrogens with zero attached hydrogens (tertiary/aromatic N) is 2. The van der Waals surface area contributed by atoms with Crippen LogP contribution in [0.5, 0.6) is 0 Å². The van der Waals surface area contributed by atoms with Gasteiger partial charge in [-0.3, -0.25) is 0 Å². The van der Waals surface area contributed by atoms with E-state index in [1.165, 1.54) is 6.42 Å². The molecule has 0 aliphatic heterocycles. The Kier molecular flexibility index (Phi) is 3.05. The first-order valence-corrected chi connectivity index (χ1v) is 5.35. The average molecular weight is 211 g/mol. The second-order valence-corrected chi connectivity index (χ2v) is 4.04. The van der Waals surface area contributed by atoms with Crippen molar-refractivity contribution in [1.29, 1.82) is 0 Å². The van der Waals surface area contributed by atoms with Gasteiger partial charge >= 0.3 is 0 Å². The molecule has 1 fully saturated rings. The van der Waals surface area contributed by atoms with Crippen molar-refractivity contribution in [3.05, 3.63) is 0 Å². The second kappa shape index (κ2) is 4.48.